The first-order valence-corrected chi connectivity index (χ1v) is 7.07. The maximum absolute atomic E-state index is 5.95. The molecular weight excluding hydrogens is 210 g/mol. The van der Waals surface area contributed by atoms with Crippen molar-refractivity contribution in [2.24, 2.45) is 5.41 Å². The summed E-state index contributed by atoms with van der Waals surface area (Å²) >= 11 is 0. The number of hydrogen-bond acceptors (Lipinski definition) is 2. The lowest BCUT2D eigenvalue weighted by Crippen LogP contribution is -2.28. The molecule has 1 N–H and O–H groups in total. The van der Waals surface area contributed by atoms with E-state index in [0.29, 0.717) is 11.5 Å². The van der Waals surface area contributed by atoms with Crippen molar-refractivity contribution in [3.8, 4) is 0 Å². The smallest absolute Gasteiger partial charge is 0.0690 e. The Balaban J connectivity index is 1.56. The first-order valence-electron chi connectivity index (χ1n) is 7.07. The van der Waals surface area contributed by atoms with Crippen LogP contribution in [-0.4, -0.2) is 25.3 Å². The van der Waals surface area contributed by atoms with Gasteiger partial charge in [0.15, 0.2) is 0 Å². The fourth-order valence-electron chi connectivity index (χ4n) is 2.40. The predicted molar refractivity (Wildman–Crippen MR) is 72.2 cm³/mol. The zero-order valence-corrected chi connectivity index (χ0v) is 11.4. The van der Waals surface area contributed by atoms with Crippen LogP contribution in [0.2, 0.25) is 0 Å². The number of rotatable bonds is 6. The van der Waals surface area contributed by atoms with Gasteiger partial charge in [-0.1, -0.05) is 20.4 Å². The van der Waals surface area contributed by atoms with Crippen molar-refractivity contribution in [1.29, 1.82) is 0 Å². The molecule has 2 saturated carbocycles. The molecule has 2 nitrogen and oxygen atoms in total. The summed E-state index contributed by atoms with van der Waals surface area (Å²) in [7, 11) is 0. The van der Waals surface area contributed by atoms with Gasteiger partial charge in [-0.15, -0.1) is 0 Å². The Morgan fingerprint density at radius 1 is 1.24 bits per heavy atom. The minimum Gasteiger partial charge on any atom is -0.374 e. The van der Waals surface area contributed by atoms with E-state index in [2.05, 4.69) is 25.7 Å². The van der Waals surface area contributed by atoms with Crippen molar-refractivity contribution >= 4 is 0 Å². The molecule has 0 aromatic rings. The molecule has 2 aliphatic carbocycles. The minimum atomic E-state index is 0.473. The standard InChI is InChI=1S/C15H27NO/c1-12(10-16-13-4-5-13)11-17-14-6-8-15(2,3)9-7-14/h13-14,16H,1,4-11H2,2-3H3. The molecule has 2 fully saturated rings. The predicted octanol–water partition coefficient (Wildman–Crippen LogP) is 3.28. The lowest BCUT2D eigenvalue weighted by atomic mass is 9.76. The van der Waals surface area contributed by atoms with Gasteiger partial charge in [-0.2, -0.15) is 0 Å². The minimum absolute atomic E-state index is 0.473. The molecule has 2 aliphatic rings. The van der Waals surface area contributed by atoms with Crippen LogP contribution >= 0.6 is 0 Å². The molecule has 0 atom stereocenters. The Kier molecular flexibility index (Phi) is 4.26. The van der Waals surface area contributed by atoms with Gasteiger partial charge in [0, 0.05) is 12.6 Å². The third-order valence-corrected chi connectivity index (χ3v) is 4.03. The van der Waals surface area contributed by atoms with E-state index in [1.54, 1.807) is 0 Å². The van der Waals surface area contributed by atoms with Crippen LogP contribution in [-0.2, 0) is 4.74 Å². The average molecular weight is 237 g/mol. The van der Waals surface area contributed by atoms with Crippen molar-refractivity contribution in [3.63, 3.8) is 0 Å². The van der Waals surface area contributed by atoms with Crippen LogP contribution < -0.4 is 5.32 Å². The van der Waals surface area contributed by atoms with Gasteiger partial charge in [0.05, 0.1) is 12.7 Å². The summed E-state index contributed by atoms with van der Waals surface area (Å²) in [6.07, 6.45) is 8.18. The van der Waals surface area contributed by atoms with E-state index < -0.39 is 0 Å². The molecule has 2 heteroatoms. The molecular formula is C15H27NO. The van der Waals surface area contributed by atoms with E-state index in [1.165, 1.54) is 44.1 Å². The maximum atomic E-state index is 5.95. The first-order chi connectivity index (χ1) is 8.05. The average Bonchev–Trinajstić information content (AvgIpc) is 3.08. The quantitative estimate of drug-likeness (QED) is 0.716. The molecule has 17 heavy (non-hydrogen) atoms. The monoisotopic (exact) mass is 237 g/mol. The lowest BCUT2D eigenvalue weighted by molar-refractivity contribution is 0.0154. The Morgan fingerprint density at radius 2 is 1.88 bits per heavy atom. The summed E-state index contributed by atoms with van der Waals surface area (Å²) in [5.41, 5.74) is 1.73. The summed E-state index contributed by atoms with van der Waals surface area (Å²) in [6, 6.07) is 0.766. The highest BCUT2D eigenvalue weighted by atomic mass is 16.5. The van der Waals surface area contributed by atoms with Crippen LogP contribution in [0.5, 0.6) is 0 Å². The normalized spacial score (nSPS) is 24.8. The molecule has 0 saturated heterocycles. The van der Waals surface area contributed by atoms with Crippen molar-refractivity contribution in [1.82, 2.24) is 5.32 Å². The second kappa shape index (κ2) is 5.53. The summed E-state index contributed by atoms with van der Waals surface area (Å²) in [6.45, 7) is 10.5. The highest BCUT2D eigenvalue weighted by Gasteiger charge is 2.27. The van der Waals surface area contributed by atoms with E-state index >= 15 is 0 Å². The number of ether oxygens (including phenoxy) is 1. The number of hydrogen-bond donors (Lipinski definition) is 1. The second-order valence-electron chi connectivity index (χ2n) is 6.58. The van der Waals surface area contributed by atoms with Gasteiger partial charge in [0.2, 0.25) is 0 Å². The SMILES string of the molecule is C=C(CNC1CC1)COC1CCC(C)(C)CC1. The lowest BCUT2D eigenvalue weighted by Gasteiger charge is -2.34. The molecule has 0 aliphatic heterocycles. The van der Waals surface area contributed by atoms with Gasteiger partial charge in [-0.05, 0) is 49.5 Å². The van der Waals surface area contributed by atoms with Gasteiger partial charge in [-0.25, -0.2) is 0 Å². The molecule has 0 amide bonds. The van der Waals surface area contributed by atoms with Crippen LogP contribution in [0.4, 0.5) is 0 Å². The van der Waals surface area contributed by atoms with Crippen LogP contribution in [0.25, 0.3) is 0 Å². The molecule has 2 rings (SSSR count). The molecule has 0 spiro atoms. The molecule has 0 unspecified atom stereocenters. The van der Waals surface area contributed by atoms with Crippen LogP contribution in [0.3, 0.4) is 0 Å². The van der Waals surface area contributed by atoms with E-state index in [4.69, 9.17) is 4.74 Å². The summed E-state index contributed by atoms with van der Waals surface area (Å²) in [5, 5.41) is 3.48. The van der Waals surface area contributed by atoms with Crippen LogP contribution in [0, 0.1) is 5.41 Å². The van der Waals surface area contributed by atoms with Crippen molar-refractivity contribution in [2.45, 2.75) is 64.5 Å². The van der Waals surface area contributed by atoms with Gasteiger partial charge >= 0.3 is 0 Å². The highest BCUT2D eigenvalue weighted by molar-refractivity contribution is 4.99. The van der Waals surface area contributed by atoms with Gasteiger partial charge in [0.25, 0.3) is 0 Å². The zero-order chi connectivity index (χ0) is 12.3. The molecule has 98 valence electrons. The van der Waals surface area contributed by atoms with E-state index in [1.807, 2.05) is 0 Å². The Bertz CT molecular complexity index is 258. The van der Waals surface area contributed by atoms with E-state index in [0.717, 1.165) is 19.2 Å². The first kappa shape index (κ1) is 13.1. The Labute approximate surface area is 106 Å². The van der Waals surface area contributed by atoms with Gasteiger partial charge in [0.1, 0.15) is 0 Å². The maximum Gasteiger partial charge on any atom is 0.0690 e. The second-order valence-corrected chi connectivity index (χ2v) is 6.58. The zero-order valence-electron chi connectivity index (χ0n) is 11.4. The topological polar surface area (TPSA) is 21.3 Å². The van der Waals surface area contributed by atoms with E-state index in [-0.39, 0.29) is 0 Å². The fourth-order valence-corrected chi connectivity index (χ4v) is 2.40. The molecule has 0 aromatic heterocycles. The summed E-state index contributed by atoms with van der Waals surface area (Å²) in [5.74, 6) is 0. The third-order valence-electron chi connectivity index (χ3n) is 4.03. The third kappa shape index (κ3) is 4.81. The molecule has 0 bridgehead atoms. The van der Waals surface area contributed by atoms with Crippen LogP contribution in [0.15, 0.2) is 12.2 Å². The Hall–Kier alpha value is -0.340. The summed E-state index contributed by atoms with van der Waals surface area (Å²) < 4.78 is 5.95. The molecule has 0 heterocycles. The van der Waals surface area contributed by atoms with Gasteiger partial charge < -0.3 is 10.1 Å². The van der Waals surface area contributed by atoms with Crippen LogP contribution in [0.1, 0.15) is 52.4 Å². The fraction of sp³-hybridized carbons (Fsp3) is 0.867. The van der Waals surface area contributed by atoms with Crippen molar-refractivity contribution in [2.75, 3.05) is 13.2 Å². The van der Waals surface area contributed by atoms with Crippen molar-refractivity contribution in [3.05, 3.63) is 12.2 Å². The molecule has 0 radical (unpaired) electrons. The van der Waals surface area contributed by atoms with Gasteiger partial charge in [-0.3, -0.25) is 0 Å². The van der Waals surface area contributed by atoms with Crippen molar-refractivity contribution < 1.29 is 4.74 Å². The number of nitrogens with one attached hydrogen (secondary N) is 1. The largest absolute Gasteiger partial charge is 0.374 e. The summed E-state index contributed by atoms with van der Waals surface area (Å²) in [4.78, 5) is 0. The van der Waals surface area contributed by atoms with E-state index in [9.17, 15) is 0 Å². The highest BCUT2D eigenvalue weighted by Crippen LogP contribution is 2.36. The molecule has 0 aromatic carbocycles. The Morgan fingerprint density at radius 3 is 2.47 bits per heavy atom.